The van der Waals surface area contributed by atoms with Crippen LogP contribution in [-0.4, -0.2) is 47.3 Å². The number of hydrogen-bond donors (Lipinski definition) is 1. The fourth-order valence-electron chi connectivity index (χ4n) is 3.35. The molecule has 1 aliphatic heterocycles. The van der Waals surface area contributed by atoms with Crippen molar-refractivity contribution < 1.29 is 33.1 Å². The summed E-state index contributed by atoms with van der Waals surface area (Å²) in [6.45, 7) is 3.39. The lowest BCUT2D eigenvalue weighted by molar-refractivity contribution is -0.140. The molecule has 1 aliphatic rings. The van der Waals surface area contributed by atoms with Crippen LogP contribution in [0, 0.1) is 5.82 Å². The molecule has 4 amide bonds. The minimum absolute atomic E-state index is 0.0657. The summed E-state index contributed by atoms with van der Waals surface area (Å²) in [6, 6.07) is 9.53. The number of hydrazine groups is 1. The third kappa shape index (κ3) is 4.89. The lowest BCUT2D eigenvalue weighted by Gasteiger charge is -2.27. The van der Waals surface area contributed by atoms with Gasteiger partial charge >= 0.3 is 5.97 Å². The molecule has 0 aromatic heterocycles. The number of imide groups is 1. The molecule has 1 N–H and O–H groups in total. The second kappa shape index (κ2) is 10.0. The van der Waals surface area contributed by atoms with E-state index in [0.717, 1.165) is 16.0 Å². The van der Waals surface area contributed by atoms with E-state index < -0.39 is 41.5 Å². The van der Waals surface area contributed by atoms with Crippen molar-refractivity contribution in [1.29, 1.82) is 0 Å². The Balaban J connectivity index is 1.84. The average Bonchev–Trinajstić information content (AvgIpc) is 3.10. The highest BCUT2D eigenvalue weighted by atomic mass is 19.1. The monoisotopic (exact) mass is 455 g/mol. The third-order valence-electron chi connectivity index (χ3n) is 4.98. The van der Waals surface area contributed by atoms with E-state index >= 15 is 0 Å². The fourth-order valence-corrected chi connectivity index (χ4v) is 3.35. The van der Waals surface area contributed by atoms with Crippen LogP contribution in [0.1, 0.15) is 47.4 Å². The molecule has 0 radical (unpaired) electrons. The molecule has 1 atom stereocenters. The second-order valence-electron chi connectivity index (χ2n) is 7.09. The Morgan fingerprint density at radius 1 is 1.09 bits per heavy atom. The molecular formula is C23H22FN3O6. The van der Waals surface area contributed by atoms with Crippen LogP contribution in [0.4, 0.5) is 10.1 Å². The van der Waals surface area contributed by atoms with Crippen molar-refractivity contribution >= 4 is 35.3 Å². The molecule has 3 rings (SSSR count). The van der Waals surface area contributed by atoms with Gasteiger partial charge in [-0.3, -0.25) is 24.6 Å². The standard InChI is InChI=1S/C23H22FN3O6/c1-3-19(28)27(25-21(30)16-7-5-6-8-17(16)24)18-13-20(29)26(22(18)31)15-11-9-14(10-12-15)23(32)33-4-2/h5-12,18H,3-4,13H2,1-2H3,(H,25,30). The maximum Gasteiger partial charge on any atom is 0.338 e. The van der Waals surface area contributed by atoms with Crippen molar-refractivity contribution in [1.82, 2.24) is 10.4 Å². The highest BCUT2D eigenvalue weighted by Gasteiger charge is 2.45. The molecular weight excluding hydrogens is 433 g/mol. The Morgan fingerprint density at radius 2 is 1.76 bits per heavy atom. The van der Waals surface area contributed by atoms with Crippen LogP contribution in [0.15, 0.2) is 48.5 Å². The largest absolute Gasteiger partial charge is 0.462 e. The molecule has 1 unspecified atom stereocenters. The Labute approximate surface area is 189 Å². The van der Waals surface area contributed by atoms with E-state index in [0.29, 0.717) is 0 Å². The first-order chi connectivity index (χ1) is 15.8. The number of anilines is 1. The number of amides is 4. The zero-order chi connectivity index (χ0) is 24.1. The van der Waals surface area contributed by atoms with Gasteiger partial charge in [0.25, 0.3) is 11.8 Å². The zero-order valence-corrected chi connectivity index (χ0v) is 18.0. The van der Waals surface area contributed by atoms with Gasteiger partial charge < -0.3 is 4.74 Å². The maximum atomic E-state index is 14.0. The first-order valence-electron chi connectivity index (χ1n) is 10.3. The lowest BCUT2D eigenvalue weighted by Crippen LogP contribution is -2.54. The predicted molar refractivity (Wildman–Crippen MR) is 114 cm³/mol. The number of hydrogen-bond acceptors (Lipinski definition) is 6. The van der Waals surface area contributed by atoms with E-state index in [1.54, 1.807) is 6.92 Å². The minimum atomic E-state index is -1.30. The van der Waals surface area contributed by atoms with Crippen LogP contribution in [0.25, 0.3) is 0 Å². The van der Waals surface area contributed by atoms with Crippen molar-refractivity contribution in [3.8, 4) is 0 Å². The SMILES string of the molecule is CCOC(=O)c1ccc(N2C(=O)CC(N(NC(=O)c3ccccc3F)C(=O)CC)C2=O)cc1. The number of carbonyl (C=O) groups is 5. The molecule has 10 heteroatoms. The van der Waals surface area contributed by atoms with Gasteiger partial charge in [0, 0.05) is 6.42 Å². The molecule has 1 saturated heterocycles. The van der Waals surface area contributed by atoms with Crippen molar-refractivity contribution in [3.63, 3.8) is 0 Å². The number of benzene rings is 2. The number of esters is 1. The molecule has 0 spiro atoms. The van der Waals surface area contributed by atoms with Gasteiger partial charge in [0.05, 0.1) is 29.8 Å². The fraction of sp³-hybridized carbons (Fsp3) is 0.261. The van der Waals surface area contributed by atoms with Crippen LogP contribution < -0.4 is 10.3 Å². The van der Waals surface area contributed by atoms with Crippen LogP contribution in [0.2, 0.25) is 0 Å². The Kier molecular flexibility index (Phi) is 7.17. The zero-order valence-electron chi connectivity index (χ0n) is 18.0. The molecule has 2 aromatic carbocycles. The first-order valence-corrected chi connectivity index (χ1v) is 10.3. The number of rotatable bonds is 6. The molecule has 172 valence electrons. The van der Waals surface area contributed by atoms with Gasteiger partial charge in [-0.1, -0.05) is 19.1 Å². The second-order valence-corrected chi connectivity index (χ2v) is 7.09. The van der Waals surface area contributed by atoms with Gasteiger partial charge in [-0.15, -0.1) is 0 Å². The van der Waals surface area contributed by atoms with Gasteiger partial charge in [0.1, 0.15) is 11.9 Å². The summed E-state index contributed by atoms with van der Waals surface area (Å²) >= 11 is 0. The van der Waals surface area contributed by atoms with Gasteiger partial charge in [-0.05, 0) is 43.3 Å². The van der Waals surface area contributed by atoms with Crippen molar-refractivity contribution in [2.45, 2.75) is 32.7 Å². The number of halogens is 1. The lowest BCUT2D eigenvalue weighted by atomic mass is 10.2. The summed E-state index contributed by atoms with van der Waals surface area (Å²) in [4.78, 5) is 63.5. The topological polar surface area (TPSA) is 113 Å². The normalized spacial score (nSPS) is 15.4. The van der Waals surface area contributed by atoms with Crippen molar-refractivity contribution in [3.05, 3.63) is 65.5 Å². The Bertz CT molecular complexity index is 1100. The van der Waals surface area contributed by atoms with Crippen LogP contribution in [-0.2, 0) is 19.1 Å². The smallest absolute Gasteiger partial charge is 0.338 e. The molecule has 0 bridgehead atoms. The van der Waals surface area contributed by atoms with E-state index in [1.165, 1.54) is 49.4 Å². The highest BCUT2D eigenvalue weighted by Crippen LogP contribution is 2.26. The summed E-state index contributed by atoms with van der Waals surface area (Å²) in [5, 5.41) is 0.780. The van der Waals surface area contributed by atoms with Crippen LogP contribution >= 0.6 is 0 Å². The van der Waals surface area contributed by atoms with Gasteiger partial charge in [-0.25, -0.2) is 19.1 Å². The predicted octanol–water partition coefficient (Wildman–Crippen LogP) is 2.22. The van der Waals surface area contributed by atoms with E-state index in [4.69, 9.17) is 4.74 Å². The maximum absolute atomic E-state index is 14.0. The molecule has 33 heavy (non-hydrogen) atoms. The van der Waals surface area contributed by atoms with Crippen LogP contribution in [0.3, 0.4) is 0 Å². The number of nitrogens with one attached hydrogen (secondary N) is 1. The summed E-state index contributed by atoms with van der Waals surface area (Å²) in [5.74, 6) is -4.22. The highest BCUT2D eigenvalue weighted by molar-refractivity contribution is 6.23. The number of nitrogens with zero attached hydrogens (tertiary/aromatic N) is 2. The summed E-state index contributed by atoms with van der Waals surface area (Å²) < 4.78 is 18.9. The summed E-state index contributed by atoms with van der Waals surface area (Å²) in [5.41, 5.74) is 2.41. The summed E-state index contributed by atoms with van der Waals surface area (Å²) in [7, 11) is 0. The van der Waals surface area contributed by atoms with Crippen molar-refractivity contribution in [2.75, 3.05) is 11.5 Å². The van der Waals surface area contributed by atoms with E-state index in [1.807, 2.05) is 0 Å². The van der Waals surface area contributed by atoms with Gasteiger partial charge in [0.2, 0.25) is 11.8 Å². The Hall–Kier alpha value is -4.08. The summed E-state index contributed by atoms with van der Waals surface area (Å²) in [6.07, 6.45) is -0.439. The van der Waals surface area contributed by atoms with Crippen molar-refractivity contribution in [2.24, 2.45) is 0 Å². The van der Waals surface area contributed by atoms with Crippen LogP contribution in [0.5, 0.6) is 0 Å². The third-order valence-corrected chi connectivity index (χ3v) is 4.98. The van der Waals surface area contributed by atoms with E-state index in [-0.39, 0.29) is 36.3 Å². The van der Waals surface area contributed by atoms with Gasteiger partial charge in [-0.2, -0.15) is 0 Å². The molecule has 2 aromatic rings. The van der Waals surface area contributed by atoms with E-state index in [9.17, 15) is 28.4 Å². The minimum Gasteiger partial charge on any atom is -0.462 e. The average molecular weight is 455 g/mol. The molecule has 1 heterocycles. The number of carbonyl (C=O) groups excluding carboxylic acids is 5. The van der Waals surface area contributed by atoms with E-state index in [2.05, 4.69) is 5.43 Å². The molecule has 9 nitrogen and oxygen atoms in total. The first kappa shape index (κ1) is 23.6. The van der Waals surface area contributed by atoms with Gasteiger partial charge in [0.15, 0.2) is 0 Å². The molecule has 1 fully saturated rings. The Morgan fingerprint density at radius 3 is 2.36 bits per heavy atom. The molecule has 0 aliphatic carbocycles. The molecule has 0 saturated carbocycles. The quantitative estimate of drug-likeness (QED) is 0.406. The number of ether oxygens (including phenoxy) is 1.